The smallest absolute Gasteiger partial charge is 0.0700 e. The second-order valence-electron chi connectivity index (χ2n) is 6.01. The van der Waals surface area contributed by atoms with E-state index in [2.05, 4.69) is 25.7 Å². The lowest BCUT2D eigenvalue weighted by Gasteiger charge is -2.33. The average Bonchev–Trinajstić information content (AvgIpc) is 2.29. The standard InChI is InChI=1S/C14H30N2O/c1-4-13-12-16(10-11-17-13)9-5-6-14(2,3)7-8-15/h13H,4-12,15H2,1-3H3. The van der Waals surface area contributed by atoms with E-state index in [1.54, 1.807) is 0 Å². The van der Waals surface area contributed by atoms with Crippen LogP contribution in [0.5, 0.6) is 0 Å². The second-order valence-corrected chi connectivity index (χ2v) is 6.01. The van der Waals surface area contributed by atoms with Crippen LogP contribution in [0, 0.1) is 5.41 Å². The monoisotopic (exact) mass is 242 g/mol. The van der Waals surface area contributed by atoms with Crippen LogP contribution in [-0.2, 0) is 4.74 Å². The van der Waals surface area contributed by atoms with Gasteiger partial charge in [-0.3, -0.25) is 4.90 Å². The molecular weight excluding hydrogens is 212 g/mol. The number of nitrogens with two attached hydrogens (primary N) is 1. The van der Waals surface area contributed by atoms with Gasteiger partial charge in [-0.1, -0.05) is 20.8 Å². The molecule has 1 rings (SSSR count). The third-order valence-corrected chi connectivity index (χ3v) is 3.83. The van der Waals surface area contributed by atoms with Crippen LogP contribution in [0.1, 0.15) is 46.5 Å². The molecule has 0 saturated carbocycles. The molecule has 3 nitrogen and oxygen atoms in total. The predicted molar refractivity (Wildman–Crippen MR) is 73.2 cm³/mol. The summed E-state index contributed by atoms with van der Waals surface area (Å²) in [5.41, 5.74) is 6.05. The Bertz CT molecular complexity index is 206. The Morgan fingerprint density at radius 1 is 1.35 bits per heavy atom. The third-order valence-electron chi connectivity index (χ3n) is 3.83. The second kappa shape index (κ2) is 7.34. The molecule has 1 heterocycles. The van der Waals surface area contributed by atoms with Crippen molar-refractivity contribution in [2.45, 2.75) is 52.6 Å². The number of nitrogens with zero attached hydrogens (tertiary/aromatic N) is 1. The lowest BCUT2D eigenvalue weighted by atomic mass is 9.84. The van der Waals surface area contributed by atoms with Gasteiger partial charge in [0.15, 0.2) is 0 Å². The molecule has 1 saturated heterocycles. The molecule has 0 spiro atoms. The van der Waals surface area contributed by atoms with Crippen LogP contribution in [0.4, 0.5) is 0 Å². The van der Waals surface area contributed by atoms with E-state index in [1.165, 1.54) is 19.4 Å². The zero-order valence-electron chi connectivity index (χ0n) is 11.9. The third kappa shape index (κ3) is 5.84. The summed E-state index contributed by atoms with van der Waals surface area (Å²) in [6.07, 6.45) is 5.28. The van der Waals surface area contributed by atoms with Crippen molar-refractivity contribution in [3.8, 4) is 0 Å². The summed E-state index contributed by atoms with van der Waals surface area (Å²) in [5, 5.41) is 0. The van der Waals surface area contributed by atoms with Gasteiger partial charge in [0.05, 0.1) is 12.7 Å². The first-order valence-electron chi connectivity index (χ1n) is 7.11. The summed E-state index contributed by atoms with van der Waals surface area (Å²) in [5.74, 6) is 0. The normalized spacial score (nSPS) is 22.9. The van der Waals surface area contributed by atoms with Crippen molar-refractivity contribution in [2.75, 3.05) is 32.8 Å². The topological polar surface area (TPSA) is 38.5 Å². The van der Waals surface area contributed by atoms with Crippen LogP contribution in [0.2, 0.25) is 0 Å². The molecule has 0 radical (unpaired) electrons. The van der Waals surface area contributed by atoms with Gasteiger partial charge >= 0.3 is 0 Å². The summed E-state index contributed by atoms with van der Waals surface area (Å²) < 4.78 is 5.68. The molecule has 1 unspecified atom stereocenters. The summed E-state index contributed by atoms with van der Waals surface area (Å²) >= 11 is 0. The zero-order valence-corrected chi connectivity index (χ0v) is 11.9. The van der Waals surface area contributed by atoms with Gasteiger partial charge in [-0.15, -0.1) is 0 Å². The number of rotatable bonds is 7. The van der Waals surface area contributed by atoms with E-state index in [-0.39, 0.29) is 0 Å². The summed E-state index contributed by atoms with van der Waals surface area (Å²) in [6, 6.07) is 0. The average molecular weight is 242 g/mol. The van der Waals surface area contributed by atoms with Gasteiger partial charge in [0.1, 0.15) is 0 Å². The predicted octanol–water partition coefficient (Wildman–Crippen LogP) is 2.25. The minimum atomic E-state index is 0.408. The summed E-state index contributed by atoms with van der Waals surface area (Å²) in [4.78, 5) is 2.55. The molecule has 17 heavy (non-hydrogen) atoms. The Morgan fingerprint density at radius 3 is 2.76 bits per heavy atom. The number of morpholine rings is 1. The molecule has 0 bridgehead atoms. The minimum absolute atomic E-state index is 0.408. The first kappa shape index (κ1) is 14.9. The molecule has 102 valence electrons. The van der Waals surface area contributed by atoms with Crippen molar-refractivity contribution in [3.63, 3.8) is 0 Å². The highest BCUT2D eigenvalue weighted by molar-refractivity contribution is 4.73. The van der Waals surface area contributed by atoms with E-state index in [9.17, 15) is 0 Å². The van der Waals surface area contributed by atoms with Crippen molar-refractivity contribution in [1.29, 1.82) is 0 Å². The number of ether oxygens (including phenoxy) is 1. The van der Waals surface area contributed by atoms with Crippen molar-refractivity contribution in [1.82, 2.24) is 4.90 Å². The van der Waals surface area contributed by atoms with Crippen LogP contribution in [0.25, 0.3) is 0 Å². The molecule has 1 aliphatic heterocycles. The van der Waals surface area contributed by atoms with E-state index in [4.69, 9.17) is 10.5 Å². The fourth-order valence-electron chi connectivity index (χ4n) is 2.53. The Labute approximate surface area is 107 Å². The Kier molecular flexibility index (Phi) is 6.45. The van der Waals surface area contributed by atoms with E-state index >= 15 is 0 Å². The molecule has 0 amide bonds. The SMILES string of the molecule is CCC1CN(CCCC(C)(C)CCN)CCO1. The molecule has 1 atom stereocenters. The van der Waals surface area contributed by atoms with Crippen molar-refractivity contribution >= 4 is 0 Å². The van der Waals surface area contributed by atoms with Crippen molar-refractivity contribution in [2.24, 2.45) is 11.1 Å². The molecule has 0 aromatic heterocycles. The lowest BCUT2D eigenvalue weighted by molar-refractivity contribution is -0.0305. The van der Waals surface area contributed by atoms with Crippen LogP contribution < -0.4 is 5.73 Å². The maximum absolute atomic E-state index is 5.68. The van der Waals surface area contributed by atoms with Crippen molar-refractivity contribution in [3.05, 3.63) is 0 Å². The van der Waals surface area contributed by atoms with Gasteiger partial charge < -0.3 is 10.5 Å². The molecule has 1 fully saturated rings. The fourth-order valence-corrected chi connectivity index (χ4v) is 2.53. The first-order chi connectivity index (χ1) is 8.07. The van der Waals surface area contributed by atoms with Gasteiger partial charge in [0.2, 0.25) is 0 Å². The lowest BCUT2D eigenvalue weighted by Crippen LogP contribution is -2.42. The largest absolute Gasteiger partial charge is 0.376 e. The van der Waals surface area contributed by atoms with Crippen molar-refractivity contribution < 1.29 is 4.74 Å². The highest BCUT2D eigenvalue weighted by atomic mass is 16.5. The van der Waals surface area contributed by atoms with Gasteiger partial charge in [0, 0.05) is 13.1 Å². The fraction of sp³-hybridized carbons (Fsp3) is 1.00. The number of hydrogen-bond donors (Lipinski definition) is 1. The molecule has 3 heteroatoms. The molecule has 0 aromatic rings. The van der Waals surface area contributed by atoms with Crippen LogP contribution in [0.15, 0.2) is 0 Å². The molecule has 0 aliphatic carbocycles. The van der Waals surface area contributed by atoms with E-state index in [1.807, 2.05) is 0 Å². The highest BCUT2D eigenvalue weighted by Gasteiger charge is 2.20. The van der Waals surface area contributed by atoms with E-state index < -0.39 is 0 Å². The molecule has 1 aliphatic rings. The van der Waals surface area contributed by atoms with Crippen LogP contribution >= 0.6 is 0 Å². The van der Waals surface area contributed by atoms with E-state index in [0.29, 0.717) is 11.5 Å². The highest BCUT2D eigenvalue weighted by Crippen LogP contribution is 2.26. The summed E-state index contributed by atoms with van der Waals surface area (Å²) in [6.45, 7) is 12.0. The Balaban J connectivity index is 2.17. The molecule has 2 N–H and O–H groups in total. The minimum Gasteiger partial charge on any atom is -0.376 e. The van der Waals surface area contributed by atoms with E-state index in [0.717, 1.165) is 39.1 Å². The van der Waals surface area contributed by atoms with Gasteiger partial charge in [-0.2, -0.15) is 0 Å². The quantitative estimate of drug-likeness (QED) is 0.744. The maximum atomic E-state index is 5.68. The Morgan fingerprint density at radius 2 is 2.12 bits per heavy atom. The maximum Gasteiger partial charge on any atom is 0.0700 e. The Hall–Kier alpha value is -0.120. The van der Waals surface area contributed by atoms with Gasteiger partial charge in [-0.25, -0.2) is 0 Å². The van der Waals surface area contributed by atoms with Crippen LogP contribution in [-0.4, -0.2) is 43.8 Å². The molecular formula is C14H30N2O. The zero-order chi connectivity index (χ0) is 12.7. The molecule has 0 aromatic carbocycles. The van der Waals surface area contributed by atoms with Gasteiger partial charge in [-0.05, 0) is 44.2 Å². The first-order valence-corrected chi connectivity index (χ1v) is 7.11. The summed E-state index contributed by atoms with van der Waals surface area (Å²) in [7, 11) is 0. The number of hydrogen-bond acceptors (Lipinski definition) is 3. The van der Waals surface area contributed by atoms with Gasteiger partial charge in [0.25, 0.3) is 0 Å². The van der Waals surface area contributed by atoms with Crippen LogP contribution in [0.3, 0.4) is 0 Å².